The first-order chi connectivity index (χ1) is 20.2. The van der Waals surface area contributed by atoms with E-state index in [0.29, 0.717) is 31.8 Å². The molecule has 1 saturated heterocycles. The largest absolute Gasteiger partial charge is 0.444 e. The average Bonchev–Trinajstić information content (AvgIpc) is 3.38. The number of unbranched alkanes of at least 4 members (excludes halogenated alkanes) is 1. The molecular weight excluding hydrogens is 548 g/mol. The number of amides is 4. The van der Waals surface area contributed by atoms with E-state index in [4.69, 9.17) is 4.74 Å². The highest BCUT2D eigenvalue weighted by Crippen LogP contribution is 2.26. The summed E-state index contributed by atoms with van der Waals surface area (Å²) in [6.45, 7) is 13.9. The minimum Gasteiger partial charge on any atom is -0.444 e. The minimum atomic E-state index is -1.33. The number of nitrogens with zero attached hydrogens (tertiary/aromatic N) is 3. The van der Waals surface area contributed by atoms with Gasteiger partial charge in [-0.05, 0) is 65.4 Å². The maximum Gasteiger partial charge on any atom is 0.408 e. The SMILES string of the molecule is CCCCC(NC(=O)C(C)(C)NC(=O)OC(C)(C)C)C(=O)Nc1cn(C(C(=O)N2CCC(C)CC2)c2ccccc2)cn1. The van der Waals surface area contributed by atoms with Crippen molar-refractivity contribution >= 4 is 29.6 Å². The number of hydrogen-bond acceptors (Lipinski definition) is 6. The van der Waals surface area contributed by atoms with Gasteiger partial charge in [0.15, 0.2) is 5.82 Å². The number of ether oxygens (including phenoxy) is 1. The summed E-state index contributed by atoms with van der Waals surface area (Å²) in [5.41, 5.74) is -1.22. The van der Waals surface area contributed by atoms with E-state index in [9.17, 15) is 19.2 Å². The van der Waals surface area contributed by atoms with Gasteiger partial charge in [0.2, 0.25) is 17.7 Å². The Labute approximate surface area is 255 Å². The molecule has 1 aliphatic heterocycles. The molecule has 0 aliphatic carbocycles. The molecule has 1 aromatic heterocycles. The monoisotopic (exact) mass is 596 g/mol. The zero-order chi connectivity index (χ0) is 31.8. The molecular formula is C32H48N6O5. The van der Waals surface area contributed by atoms with Crippen LogP contribution in [0.4, 0.5) is 10.6 Å². The number of benzene rings is 1. The van der Waals surface area contributed by atoms with Crippen molar-refractivity contribution in [2.45, 2.75) is 104 Å². The number of imidazole rings is 1. The Hall–Kier alpha value is -3.89. The Bertz CT molecular complexity index is 1240. The van der Waals surface area contributed by atoms with Gasteiger partial charge in [-0.1, -0.05) is 57.0 Å². The lowest BCUT2D eigenvalue weighted by molar-refractivity contribution is -0.135. The molecule has 11 nitrogen and oxygen atoms in total. The third-order valence-electron chi connectivity index (χ3n) is 7.44. The van der Waals surface area contributed by atoms with Gasteiger partial charge >= 0.3 is 6.09 Å². The molecule has 0 saturated carbocycles. The van der Waals surface area contributed by atoms with Gasteiger partial charge < -0.3 is 30.2 Å². The second-order valence-corrected chi connectivity index (χ2v) is 12.9. The van der Waals surface area contributed by atoms with Crippen LogP contribution in [0.1, 0.15) is 92.2 Å². The number of rotatable bonds is 11. The summed E-state index contributed by atoms with van der Waals surface area (Å²) in [5.74, 6) is -0.110. The Balaban J connectivity index is 1.75. The van der Waals surface area contributed by atoms with Crippen LogP contribution in [0, 0.1) is 5.92 Å². The first-order valence-corrected chi connectivity index (χ1v) is 15.2. The third-order valence-corrected chi connectivity index (χ3v) is 7.44. The molecule has 236 valence electrons. The van der Waals surface area contributed by atoms with Crippen LogP contribution in [0.15, 0.2) is 42.9 Å². The summed E-state index contributed by atoms with van der Waals surface area (Å²) in [6.07, 6.45) is 6.32. The maximum atomic E-state index is 13.7. The number of anilines is 1. The van der Waals surface area contributed by atoms with E-state index in [1.54, 1.807) is 51.7 Å². The van der Waals surface area contributed by atoms with Crippen LogP contribution in [-0.4, -0.2) is 68.5 Å². The normalized spacial score (nSPS) is 15.7. The smallest absolute Gasteiger partial charge is 0.408 e. The van der Waals surface area contributed by atoms with Crippen LogP contribution in [-0.2, 0) is 19.1 Å². The number of carbonyl (C=O) groups excluding carboxylic acids is 4. The van der Waals surface area contributed by atoms with Crippen molar-refractivity contribution in [2.24, 2.45) is 5.92 Å². The molecule has 2 unspecified atom stereocenters. The predicted molar refractivity (Wildman–Crippen MR) is 165 cm³/mol. The van der Waals surface area contributed by atoms with Crippen LogP contribution in [0.3, 0.4) is 0 Å². The van der Waals surface area contributed by atoms with Crippen molar-refractivity contribution in [1.82, 2.24) is 25.1 Å². The zero-order valence-corrected chi connectivity index (χ0v) is 26.6. The molecule has 4 amide bonds. The minimum absolute atomic E-state index is 0.0128. The van der Waals surface area contributed by atoms with Gasteiger partial charge in [-0.3, -0.25) is 14.4 Å². The van der Waals surface area contributed by atoms with Crippen molar-refractivity contribution in [2.75, 3.05) is 18.4 Å². The zero-order valence-electron chi connectivity index (χ0n) is 26.6. The highest BCUT2D eigenvalue weighted by Gasteiger charge is 2.35. The lowest BCUT2D eigenvalue weighted by atomic mass is 9.97. The summed E-state index contributed by atoms with van der Waals surface area (Å²) in [5, 5.41) is 8.17. The van der Waals surface area contributed by atoms with Crippen molar-refractivity contribution in [1.29, 1.82) is 0 Å². The van der Waals surface area contributed by atoms with Crippen LogP contribution < -0.4 is 16.0 Å². The topological polar surface area (TPSA) is 135 Å². The van der Waals surface area contributed by atoms with E-state index in [1.165, 1.54) is 0 Å². The number of alkyl carbamates (subject to hydrolysis) is 1. The molecule has 1 aromatic carbocycles. The lowest BCUT2D eigenvalue weighted by Gasteiger charge is -2.33. The average molecular weight is 597 g/mol. The summed E-state index contributed by atoms with van der Waals surface area (Å²) in [4.78, 5) is 58.9. The molecule has 0 bridgehead atoms. The summed E-state index contributed by atoms with van der Waals surface area (Å²) in [7, 11) is 0. The quantitative estimate of drug-likeness (QED) is 0.346. The lowest BCUT2D eigenvalue weighted by Crippen LogP contribution is -2.58. The number of hydrogen-bond donors (Lipinski definition) is 3. The summed E-state index contributed by atoms with van der Waals surface area (Å²) >= 11 is 0. The van der Waals surface area contributed by atoms with Crippen LogP contribution in [0.25, 0.3) is 0 Å². The van der Waals surface area contributed by atoms with E-state index in [1.807, 2.05) is 42.2 Å². The van der Waals surface area contributed by atoms with Crippen molar-refractivity contribution in [3.63, 3.8) is 0 Å². The van der Waals surface area contributed by atoms with Gasteiger partial charge in [-0.25, -0.2) is 9.78 Å². The van der Waals surface area contributed by atoms with E-state index < -0.39 is 41.1 Å². The number of nitrogens with one attached hydrogen (secondary N) is 3. The van der Waals surface area contributed by atoms with E-state index >= 15 is 0 Å². The molecule has 3 N–H and O–H groups in total. The Kier molecular flexibility index (Phi) is 11.4. The Morgan fingerprint density at radius 3 is 2.30 bits per heavy atom. The second-order valence-electron chi connectivity index (χ2n) is 12.9. The number of piperidine rings is 1. The first kappa shape index (κ1) is 33.6. The summed E-state index contributed by atoms with van der Waals surface area (Å²) < 4.78 is 7.01. The standard InChI is InChI=1S/C32H48N6O5/c1-8-9-15-24(34-29(41)32(6,7)36-30(42)43-31(3,4)5)27(39)35-25-20-38(21-33-25)26(23-13-11-10-12-14-23)28(40)37-18-16-22(2)17-19-37/h10-14,20-22,24,26H,8-9,15-19H2,1-7H3,(H,34,41)(H,35,39)(H,36,42). The number of carbonyl (C=O) groups is 4. The molecule has 0 spiro atoms. The van der Waals surface area contributed by atoms with Gasteiger partial charge in [-0.2, -0.15) is 0 Å². The molecule has 43 heavy (non-hydrogen) atoms. The van der Waals surface area contributed by atoms with Crippen LogP contribution in [0.2, 0.25) is 0 Å². The second kappa shape index (κ2) is 14.5. The third kappa shape index (κ3) is 9.83. The Morgan fingerprint density at radius 1 is 1.05 bits per heavy atom. The molecule has 11 heteroatoms. The number of aromatic nitrogens is 2. The number of likely N-dealkylation sites (tertiary alicyclic amines) is 1. The fourth-order valence-corrected chi connectivity index (χ4v) is 4.87. The molecule has 2 aromatic rings. The van der Waals surface area contributed by atoms with Gasteiger partial charge in [0.25, 0.3) is 0 Å². The molecule has 1 aliphatic rings. The van der Waals surface area contributed by atoms with Crippen LogP contribution in [0.5, 0.6) is 0 Å². The Morgan fingerprint density at radius 2 is 1.70 bits per heavy atom. The first-order valence-electron chi connectivity index (χ1n) is 15.2. The van der Waals surface area contributed by atoms with Gasteiger partial charge in [0, 0.05) is 19.3 Å². The maximum absolute atomic E-state index is 13.7. The highest BCUT2D eigenvalue weighted by molar-refractivity contribution is 5.98. The predicted octanol–water partition coefficient (Wildman–Crippen LogP) is 4.65. The van der Waals surface area contributed by atoms with Gasteiger partial charge in [-0.15, -0.1) is 0 Å². The van der Waals surface area contributed by atoms with Gasteiger partial charge in [0.05, 0.1) is 6.33 Å². The molecule has 2 atom stereocenters. The van der Waals surface area contributed by atoms with Gasteiger partial charge in [0.1, 0.15) is 23.2 Å². The van der Waals surface area contributed by atoms with E-state index in [2.05, 4.69) is 27.9 Å². The molecule has 2 heterocycles. The van der Waals surface area contributed by atoms with E-state index in [-0.39, 0.29) is 11.7 Å². The van der Waals surface area contributed by atoms with Crippen molar-refractivity contribution in [3.05, 3.63) is 48.4 Å². The molecule has 1 fully saturated rings. The highest BCUT2D eigenvalue weighted by atomic mass is 16.6. The summed E-state index contributed by atoms with van der Waals surface area (Å²) in [6, 6.07) is 8.04. The fraction of sp³-hybridized carbons (Fsp3) is 0.594. The van der Waals surface area contributed by atoms with Crippen molar-refractivity contribution in [3.8, 4) is 0 Å². The molecule has 0 radical (unpaired) electrons. The van der Waals surface area contributed by atoms with E-state index in [0.717, 1.165) is 24.8 Å². The van der Waals surface area contributed by atoms with Crippen molar-refractivity contribution < 1.29 is 23.9 Å². The fourth-order valence-electron chi connectivity index (χ4n) is 4.87. The van der Waals surface area contributed by atoms with Crippen LogP contribution >= 0.6 is 0 Å². The molecule has 3 rings (SSSR count).